The van der Waals surface area contributed by atoms with Crippen molar-refractivity contribution in [3.05, 3.63) is 24.0 Å². The van der Waals surface area contributed by atoms with E-state index in [1.54, 1.807) is 0 Å². The number of likely N-dealkylation sites (N-methyl/N-ethyl adjacent to an activating group) is 1. The van der Waals surface area contributed by atoms with Gasteiger partial charge < -0.3 is 10.3 Å². The molecule has 2 heterocycles. The highest BCUT2D eigenvalue weighted by Crippen LogP contribution is 2.11. The van der Waals surface area contributed by atoms with Crippen LogP contribution >= 0.6 is 0 Å². The average molecular weight is 221 g/mol. The van der Waals surface area contributed by atoms with Crippen molar-refractivity contribution < 1.29 is 9.59 Å². The highest BCUT2D eigenvalue weighted by Gasteiger charge is 2.31. The van der Waals surface area contributed by atoms with Crippen molar-refractivity contribution in [3.8, 4) is 0 Å². The molecule has 2 amide bonds. The minimum atomic E-state index is -0.244. The molecule has 1 unspecified atom stereocenters. The molecule has 1 aromatic heterocycles. The molecule has 5 nitrogen and oxygen atoms in total. The molecule has 0 spiro atoms. The fourth-order valence-corrected chi connectivity index (χ4v) is 1.82. The summed E-state index contributed by atoms with van der Waals surface area (Å²) in [6.45, 7) is 0.617. The number of carbonyl (C=O) groups is 2. The fourth-order valence-electron chi connectivity index (χ4n) is 1.82. The molecule has 1 aliphatic rings. The van der Waals surface area contributed by atoms with Crippen molar-refractivity contribution in [2.24, 2.45) is 0 Å². The first-order chi connectivity index (χ1) is 7.68. The summed E-state index contributed by atoms with van der Waals surface area (Å²) in [6, 6.07) is 3.62. The summed E-state index contributed by atoms with van der Waals surface area (Å²) < 4.78 is 0. The van der Waals surface area contributed by atoms with Crippen molar-refractivity contribution in [2.45, 2.75) is 25.4 Å². The number of aromatic amines is 1. The Hall–Kier alpha value is -1.62. The average Bonchev–Trinajstić information content (AvgIpc) is 2.78. The summed E-state index contributed by atoms with van der Waals surface area (Å²) in [5.74, 6) is -0.231. The maximum Gasteiger partial charge on any atom is 0.246 e. The number of nitrogens with zero attached hydrogens (tertiary/aromatic N) is 1. The second-order valence-electron chi connectivity index (χ2n) is 3.96. The summed E-state index contributed by atoms with van der Waals surface area (Å²) in [6.07, 6.45) is 2.86. The molecule has 5 heteroatoms. The molecular weight excluding hydrogens is 206 g/mol. The smallest absolute Gasteiger partial charge is 0.246 e. The molecule has 0 saturated carbocycles. The molecule has 0 bridgehead atoms. The number of piperidine rings is 1. The van der Waals surface area contributed by atoms with Crippen LogP contribution in [0.15, 0.2) is 18.3 Å². The number of aromatic nitrogens is 1. The Bertz CT molecular complexity index is 386. The molecule has 1 atom stereocenters. The lowest BCUT2D eigenvalue weighted by Crippen LogP contribution is -2.51. The highest BCUT2D eigenvalue weighted by molar-refractivity contribution is 6.00. The van der Waals surface area contributed by atoms with Gasteiger partial charge in [0.25, 0.3) is 0 Å². The minimum Gasteiger partial charge on any atom is -0.364 e. The van der Waals surface area contributed by atoms with E-state index in [2.05, 4.69) is 10.3 Å². The van der Waals surface area contributed by atoms with E-state index in [0.717, 1.165) is 5.69 Å². The molecule has 86 valence electrons. The van der Waals surface area contributed by atoms with Crippen molar-refractivity contribution in [1.82, 2.24) is 15.2 Å². The van der Waals surface area contributed by atoms with Gasteiger partial charge in [0.1, 0.15) is 0 Å². The lowest BCUT2D eigenvalue weighted by atomic mass is 10.0. The van der Waals surface area contributed by atoms with E-state index in [1.807, 2.05) is 18.3 Å². The zero-order chi connectivity index (χ0) is 11.5. The zero-order valence-corrected chi connectivity index (χ0v) is 9.19. The van der Waals surface area contributed by atoms with Gasteiger partial charge >= 0.3 is 0 Å². The summed E-state index contributed by atoms with van der Waals surface area (Å²) in [4.78, 5) is 27.2. The monoisotopic (exact) mass is 221 g/mol. The van der Waals surface area contributed by atoms with Crippen LogP contribution < -0.4 is 5.32 Å². The molecule has 1 aromatic rings. The number of imide groups is 1. The summed E-state index contributed by atoms with van der Waals surface area (Å²) >= 11 is 0. The first-order valence-corrected chi connectivity index (χ1v) is 5.34. The highest BCUT2D eigenvalue weighted by atomic mass is 16.2. The predicted molar refractivity (Wildman–Crippen MR) is 58.4 cm³/mol. The molecule has 0 aromatic carbocycles. The number of rotatable bonds is 3. The third-order valence-electron chi connectivity index (χ3n) is 2.85. The van der Waals surface area contributed by atoms with Gasteiger partial charge in [0, 0.05) is 31.9 Å². The van der Waals surface area contributed by atoms with Crippen LogP contribution in [-0.2, 0) is 16.1 Å². The van der Waals surface area contributed by atoms with E-state index >= 15 is 0 Å². The van der Waals surface area contributed by atoms with Gasteiger partial charge in [-0.05, 0) is 18.6 Å². The molecule has 0 aliphatic carbocycles. The maximum atomic E-state index is 11.7. The molecule has 16 heavy (non-hydrogen) atoms. The Labute approximate surface area is 93.8 Å². The second kappa shape index (κ2) is 4.49. The maximum absolute atomic E-state index is 11.7. The minimum absolute atomic E-state index is 0.0945. The molecule has 1 saturated heterocycles. The largest absolute Gasteiger partial charge is 0.364 e. The van der Waals surface area contributed by atoms with Crippen molar-refractivity contribution in [1.29, 1.82) is 0 Å². The van der Waals surface area contributed by atoms with E-state index in [0.29, 0.717) is 19.4 Å². The van der Waals surface area contributed by atoms with Crippen molar-refractivity contribution in [2.75, 3.05) is 7.05 Å². The number of hydrogen-bond acceptors (Lipinski definition) is 3. The number of likely N-dealkylation sites (tertiary alicyclic amines) is 1. The first kappa shape index (κ1) is 10.9. The van der Waals surface area contributed by atoms with E-state index in [9.17, 15) is 9.59 Å². The quantitative estimate of drug-likeness (QED) is 0.719. The van der Waals surface area contributed by atoms with E-state index in [4.69, 9.17) is 0 Å². The van der Waals surface area contributed by atoms with Crippen molar-refractivity contribution in [3.63, 3.8) is 0 Å². The van der Waals surface area contributed by atoms with Crippen LogP contribution in [0.4, 0.5) is 0 Å². The van der Waals surface area contributed by atoms with Crippen LogP contribution in [0.1, 0.15) is 18.5 Å². The Kier molecular flexibility index (Phi) is 3.05. The lowest BCUT2D eigenvalue weighted by molar-refractivity contribution is -0.148. The van der Waals surface area contributed by atoms with Crippen LogP contribution in [0.5, 0.6) is 0 Å². The van der Waals surface area contributed by atoms with Gasteiger partial charge in [-0.15, -0.1) is 0 Å². The third-order valence-corrected chi connectivity index (χ3v) is 2.85. The topological polar surface area (TPSA) is 65.2 Å². The summed E-state index contributed by atoms with van der Waals surface area (Å²) in [7, 11) is 1.53. The zero-order valence-electron chi connectivity index (χ0n) is 9.19. The molecule has 1 fully saturated rings. The van der Waals surface area contributed by atoms with Crippen LogP contribution in [-0.4, -0.2) is 34.8 Å². The van der Waals surface area contributed by atoms with E-state index < -0.39 is 0 Å². The normalized spacial score (nSPS) is 21.6. The predicted octanol–water partition coefficient (Wildman–Crippen LogP) is 0.252. The number of amides is 2. The molecule has 2 rings (SSSR count). The number of carbonyl (C=O) groups excluding carboxylic acids is 2. The van der Waals surface area contributed by atoms with Gasteiger partial charge in [0.05, 0.1) is 6.04 Å². The second-order valence-corrected chi connectivity index (χ2v) is 3.96. The number of hydrogen-bond donors (Lipinski definition) is 2. The summed E-state index contributed by atoms with van der Waals surface area (Å²) in [5, 5.41) is 3.15. The Morgan fingerprint density at radius 2 is 2.38 bits per heavy atom. The van der Waals surface area contributed by atoms with Gasteiger partial charge in [-0.3, -0.25) is 14.5 Å². The van der Waals surface area contributed by atoms with Crippen molar-refractivity contribution >= 4 is 11.8 Å². The van der Waals surface area contributed by atoms with Gasteiger partial charge in [-0.2, -0.15) is 0 Å². The number of nitrogens with one attached hydrogen (secondary N) is 2. The molecular formula is C11H15N3O2. The first-order valence-electron chi connectivity index (χ1n) is 5.34. The van der Waals surface area contributed by atoms with E-state index in [-0.39, 0.29) is 17.9 Å². The Morgan fingerprint density at radius 3 is 3.06 bits per heavy atom. The SMILES string of the molecule is CN1C(=O)CCC(NCc2ccc[nH]2)C1=O. The lowest BCUT2D eigenvalue weighted by Gasteiger charge is -2.28. The van der Waals surface area contributed by atoms with Gasteiger partial charge in [0.2, 0.25) is 11.8 Å². The number of H-pyrrole nitrogens is 1. The molecule has 1 aliphatic heterocycles. The van der Waals surface area contributed by atoms with Crippen LogP contribution in [0.3, 0.4) is 0 Å². The van der Waals surface area contributed by atoms with Crippen LogP contribution in [0.25, 0.3) is 0 Å². The van der Waals surface area contributed by atoms with Gasteiger partial charge in [-0.1, -0.05) is 0 Å². The van der Waals surface area contributed by atoms with Gasteiger partial charge in [-0.25, -0.2) is 0 Å². The van der Waals surface area contributed by atoms with E-state index in [1.165, 1.54) is 11.9 Å². The molecule has 0 radical (unpaired) electrons. The van der Waals surface area contributed by atoms with Crippen LogP contribution in [0.2, 0.25) is 0 Å². The fraction of sp³-hybridized carbons (Fsp3) is 0.455. The van der Waals surface area contributed by atoms with Crippen LogP contribution in [0, 0.1) is 0 Å². The standard InChI is InChI=1S/C11H15N3O2/c1-14-10(15)5-4-9(11(14)16)13-7-8-3-2-6-12-8/h2-3,6,9,12-13H,4-5,7H2,1H3. The Morgan fingerprint density at radius 1 is 1.56 bits per heavy atom. The third kappa shape index (κ3) is 2.14. The molecule has 2 N–H and O–H groups in total. The Balaban J connectivity index is 1.91. The summed E-state index contributed by atoms with van der Waals surface area (Å²) in [5.41, 5.74) is 1.03. The van der Waals surface area contributed by atoms with Gasteiger partial charge in [0.15, 0.2) is 0 Å².